The van der Waals surface area contributed by atoms with Crippen molar-refractivity contribution in [3.8, 4) is 0 Å². The molecule has 66 valence electrons. The van der Waals surface area contributed by atoms with Crippen LogP contribution in [0, 0.1) is 0 Å². The summed E-state index contributed by atoms with van der Waals surface area (Å²) < 4.78 is 1.29. The van der Waals surface area contributed by atoms with Crippen molar-refractivity contribution in [2.24, 2.45) is 0 Å². The van der Waals surface area contributed by atoms with Crippen molar-refractivity contribution in [1.29, 1.82) is 0 Å². The van der Waals surface area contributed by atoms with Gasteiger partial charge in [0.25, 0.3) is 5.91 Å². The molecule has 2 N–H and O–H groups in total. The van der Waals surface area contributed by atoms with Crippen LogP contribution in [0.15, 0.2) is 5.16 Å². The summed E-state index contributed by atoms with van der Waals surface area (Å²) in [6.07, 6.45) is 1.79. The number of hydrogen-bond acceptors (Lipinski definition) is 6. The molecule has 0 radical (unpaired) electrons. The fraction of sp³-hybridized carbons (Fsp3) is 0.500. The molecule has 0 spiro atoms. The molecule has 1 heterocycles. The maximum atomic E-state index is 10.7. The van der Waals surface area contributed by atoms with Crippen molar-refractivity contribution in [3.63, 3.8) is 0 Å². The van der Waals surface area contributed by atoms with Crippen LogP contribution in [0.1, 0.15) is 0 Å². The number of thioether (sulfide) groups is 1. The summed E-state index contributed by atoms with van der Waals surface area (Å²) in [6, 6.07) is 0. The van der Waals surface area contributed by atoms with E-state index in [1.165, 1.54) is 21.9 Å². The van der Waals surface area contributed by atoms with Crippen LogP contribution < -0.4 is 5.48 Å². The lowest BCUT2D eigenvalue weighted by molar-refractivity contribution is -0.130. The van der Waals surface area contributed by atoms with Crippen LogP contribution in [0.4, 0.5) is 0 Å². The molecule has 1 aromatic rings. The molecule has 1 rings (SSSR count). The summed E-state index contributed by atoms with van der Waals surface area (Å²) in [7, 11) is 0. The number of tetrazole rings is 1. The summed E-state index contributed by atoms with van der Waals surface area (Å²) in [5.74, 6) is -0.558. The van der Waals surface area contributed by atoms with Crippen LogP contribution in [0.5, 0.6) is 0 Å². The van der Waals surface area contributed by atoms with Crippen molar-refractivity contribution >= 4 is 17.7 Å². The van der Waals surface area contributed by atoms with E-state index in [0.717, 1.165) is 0 Å². The van der Waals surface area contributed by atoms with Gasteiger partial charge in [0.2, 0.25) is 5.16 Å². The number of carbonyl (C=O) groups excluding carboxylic acids is 1. The minimum absolute atomic E-state index is 0.0837. The van der Waals surface area contributed by atoms with Gasteiger partial charge >= 0.3 is 0 Å². The molecule has 0 aromatic carbocycles. The Labute approximate surface area is 72.1 Å². The van der Waals surface area contributed by atoms with Crippen LogP contribution in [0.3, 0.4) is 0 Å². The Hall–Kier alpha value is -1.15. The standard InChI is InChI=1S/C4H7N5O2S/c1-12-4-5-7-8-9(4)2-3(10)6-11/h11H,2H2,1H3,(H,6,10). The van der Waals surface area contributed by atoms with Crippen molar-refractivity contribution < 1.29 is 10.0 Å². The van der Waals surface area contributed by atoms with E-state index in [1.807, 2.05) is 0 Å². The molecule has 7 nitrogen and oxygen atoms in total. The van der Waals surface area contributed by atoms with E-state index >= 15 is 0 Å². The van der Waals surface area contributed by atoms with E-state index in [-0.39, 0.29) is 6.54 Å². The monoisotopic (exact) mass is 189 g/mol. The number of nitrogens with one attached hydrogen (secondary N) is 1. The van der Waals surface area contributed by atoms with Crippen molar-refractivity contribution in [3.05, 3.63) is 0 Å². The number of hydrogen-bond donors (Lipinski definition) is 2. The van der Waals surface area contributed by atoms with Gasteiger partial charge in [-0.05, 0) is 16.7 Å². The van der Waals surface area contributed by atoms with Crippen molar-refractivity contribution in [2.45, 2.75) is 11.7 Å². The van der Waals surface area contributed by atoms with Gasteiger partial charge in [0.1, 0.15) is 6.54 Å². The number of carbonyl (C=O) groups is 1. The molecule has 0 aliphatic heterocycles. The van der Waals surface area contributed by atoms with Crippen LogP contribution >= 0.6 is 11.8 Å². The fourth-order valence-corrected chi connectivity index (χ4v) is 1.04. The van der Waals surface area contributed by atoms with E-state index in [4.69, 9.17) is 5.21 Å². The maximum Gasteiger partial charge on any atom is 0.265 e. The van der Waals surface area contributed by atoms with Gasteiger partial charge in [-0.2, -0.15) is 0 Å². The molecule has 0 saturated heterocycles. The lowest BCUT2D eigenvalue weighted by Gasteiger charge is -1.99. The van der Waals surface area contributed by atoms with E-state index in [9.17, 15) is 4.79 Å². The van der Waals surface area contributed by atoms with Crippen LogP contribution in [-0.4, -0.2) is 37.6 Å². The number of hydroxylamine groups is 1. The van der Waals surface area contributed by atoms with Crippen LogP contribution in [0.25, 0.3) is 0 Å². The van der Waals surface area contributed by atoms with Gasteiger partial charge in [0, 0.05) is 0 Å². The highest BCUT2D eigenvalue weighted by Gasteiger charge is 2.07. The Morgan fingerprint density at radius 3 is 3.17 bits per heavy atom. The van der Waals surface area contributed by atoms with Crippen molar-refractivity contribution in [2.75, 3.05) is 6.26 Å². The predicted molar refractivity (Wildman–Crippen MR) is 39.5 cm³/mol. The van der Waals surface area contributed by atoms with Gasteiger partial charge in [-0.15, -0.1) is 5.10 Å². The summed E-state index contributed by atoms with van der Waals surface area (Å²) in [5.41, 5.74) is 1.49. The van der Waals surface area contributed by atoms with Gasteiger partial charge in [0.05, 0.1) is 0 Å². The van der Waals surface area contributed by atoms with Crippen LogP contribution in [0.2, 0.25) is 0 Å². The van der Waals surface area contributed by atoms with E-state index in [1.54, 1.807) is 6.26 Å². The second kappa shape index (κ2) is 4.02. The van der Waals surface area contributed by atoms with Gasteiger partial charge in [-0.1, -0.05) is 11.8 Å². The first-order valence-electron chi connectivity index (χ1n) is 3.01. The molecule has 0 aliphatic rings. The number of nitrogens with zero attached hydrogens (tertiary/aromatic N) is 4. The first-order chi connectivity index (χ1) is 5.77. The smallest absolute Gasteiger partial charge is 0.265 e. The zero-order chi connectivity index (χ0) is 8.97. The average Bonchev–Trinajstić information content (AvgIpc) is 2.51. The van der Waals surface area contributed by atoms with E-state index in [2.05, 4.69) is 15.5 Å². The average molecular weight is 189 g/mol. The molecule has 12 heavy (non-hydrogen) atoms. The molecule has 1 amide bonds. The van der Waals surface area contributed by atoms with Crippen molar-refractivity contribution in [1.82, 2.24) is 25.7 Å². The summed E-state index contributed by atoms with van der Waals surface area (Å²) in [6.45, 7) is -0.0837. The normalized spacial score (nSPS) is 9.83. The van der Waals surface area contributed by atoms with Crippen LogP contribution in [-0.2, 0) is 11.3 Å². The second-order valence-electron chi connectivity index (χ2n) is 1.86. The summed E-state index contributed by atoms with van der Waals surface area (Å²) in [4.78, 5) is 10.7. The Bertz CT molecular complexity index is 274. The highest BCUT2D eigenvalue weighted by molar-refractivity contribution is 7.98. The first kappa shape index (κ1) is 8.94. The third-order valence-electron chi connectivity index (χ3n) is 1.10. The molecule has 0 bridgehead atoms. The van der Waals surface area contributed by atoms with Gasteiger partial charge in [0.15, 0.2) is 0 Å². The molecular weight excluding hydrogens is 182 g/mol. The zero-order valence-electron chi connectivity index (χ0n) is 6.26. The Kier molecular flexibility index (Phi) is 3.00. The molecule has 0 fully saturated rings. The van der Waals surface area contributed by atoms with E-state index < -0.39 is 5.91 Å². The van der Waals surface area contributed by atoms with Gasteiger partial charge in [-0.3, -0.25) is 10.0 Å². The topological polar surface area (TPSA) is 92.9 Å². The van der Waals surface area contributed by atoms with Gasteiger partial charge < -0.3 is 0 Å². The minimum atomic E-state index is -0.558. The molecule has 0 atom stereocenters. The third kappa shape index (κ3) is 1.92. The maximum absolute atomic E-state index is 10.7. The lowest BCUT2D eigenvalue weighted by atomic mass is 10.6. The summed E-state index contributed by atoms with van der Waals surface area (Å²) in [5, 5.41) is 19.3. The second-order valence-corrected chi connectivity index (χ2v) is 2.63. The molecule has 0 aliphatic carbocycles. The van der Waals surface area contributed by atoms with Gasteiger partial charge in [-0.25, -0.2) is 10.2 Å². The SMILES string of the molecule is CSc1nnnn1CC(=O)NO. The Morgan fingerprint density at radius 2 is 2.58 bits per heavy atom. The summed E-state index contributed by atoms with van der Waals surface area (Å²) >= 11 is 1.32. The number of rotatable bonds is 3. The third-order valence-corrected chi connectivity index (χ3v) is 1.76. The largest absolute Gasteiger partial charge is 0.289 e. The minimum Gasteiger partial charge on any atom is -0.289 e. The van der Waals surface area contributed by atoms with E-state index in [0.29, 0.717) is 5.16 Å². The molecule has 0 unspecified atom stereocenters. The Balaban J connectivity index is 2.68. The molecule has 0 saturated carbocycles. The quantitative estimate of drug-likeness (QED) is 0.356. The zero-order valence-corrected chi connectivity index (χ0v) is 7.08. The highest BCUT2D eigenvalue weighted by Crippen LogP contribution is 2.07. The fourth-order valence-electron chi connectivity index (χ4n) is 0.613. The molecule has 8 heteroatoms. The predicted octanol–water partition coefficient (Wildman–Crippen LogP) is -1.10. The Morgan fingerprint density at radius 1 is 1.83 bits per heavy atom. The molecular formula is C4H7N5O2S. The first-order valence-corrected chi connectivity index (χ1v) is 4.23. The lowest BCUT2D eigenvalue weighted by Crippen LogP contribution is -2.25. The molecule has 1 aromatic heterocycles. The highest BCUT2D eigenvalue weighted by atomic mass is 32.2. The number of aromatic nitrogens is 4. The number of amides is 1.